The van der Waals surface area contributed by atoms with E-state index in [0.717, 1.165) is 35.5 Å². The van der Waals surface area contributed by atoms with Crippen LogP contribution in [-0.2, 0) is 16.0 Å². The van der Waals surface area contributed by atoms with E-state index in [1.807, 2.05) is 0 Å². The maximum atomic E-state index is 13.4. The van der Waals surface area contributed by atoms with E-state index in [1.165, 1.54) is 31.3 Å². The molecule has 0 bridgehead atoms. The second-order valence-corrected chi connectivity index (χ2v) is 9.94. The van der Waals surface area contributed by atoms with Gasteiger partial charge in [0.05, 0.1) is 9.92 Å². The number of halogens is 5. The third-order valence-corrected chi connectivity index (χ3v) is 6.06. The van der Waals surface area contributed by atoms with Crippen LogP contribution in [-0.4, -0.2) is 35.7 Å². The minimum atomic E-state index is -4.71. The molecule has 3 aromatic rings. The van der Waals surface area contributed by atoms with Gasteiger partial charge >= 0.3 is 6.18 Å². The number of nitrogens with two attached hydrogens (primary N) is 1. The molecule has 0 spiro atoms. The highest BCUT2D eigenvalue weighted by Gasteiger charge is 2.34. The molecule has 0 aliphatic heterocycles. The Morgan fingerprint density at radius 2 is 1.94 bits per heavy atom. The number of hydrogen-bond acceptors (Lipinski definition) is 7. The molecule has 0 unspecified atom stereocenters. The molecule has 0 saturated carbocycles. The van der Waals surface area contributed by atoms with Crippen LogP contribution >= 0.6 is 11.6 Å². The van der Waals surface area contributed by atoms with Crippen LogP contribution in [0.4, 0.5) is 23.2 Å². The molecule has 14 heteroatoms. The summed E-state index contributed by atoms with van der Waals surface area (Å²) in [4.78, 5) is 7.88. The summed E-state index contributed by atoms with van der Waals surface area (Å²) in [5, 5.41) is 6.17. The van der Waals surface area contributed by atoms with E-state index in [0.29, 0.717) is 5.69 Å². The molecule has 0 amide bonds. The fraction of sp³-hybridized carbons (Fsp3) is 0.136. The van der Waals surface area contributed by atoms with Crippen molar-refractivity contribution in [3.63, 3.8) is 0 Å². The number of aromatic nitrogens is 3. The predicted molar refractivity (Wildman–Crippen MR) is 129 cm³/mol. The number of aryl methyl sites for hydroxylation is 1. The molecule has 2 aromatic heterocycles. The van der Waals surface area contributed by atoms with Gasteiger partial charge in [-0.15, -0.1) is 0 Å². The van der Waals surface area contributed by atoms with Crippen molar-refractivity contribution < 1.29 is 26.0 Å². The van der Waals surface area contributed by atoms with Crippen molar-refractivity contribution in [2.45, 2.75) is 18.0 Å². The topological polar surface area (TPSA) is 115 Å². The highest BCUT2D eigenvalue weighted by Crippen LogP contribution is 2.30. The van der Waals surface area contributed by atoms with Gasteiger partial charge in [-0.25, -0.2) is 22.5 Å². The Kier molecular flexibility index (Phi) is 7.55. The number of nitrogens with one attached hydrogen (secondary N) is 1. The summed E-state index contributed by atoms with van der Waals surface area (Å²) in [6.45, 7) is 5.09. The number of pyridine rings is 1. The Bertz CT molecular complexity index is 1500. The number of anilines is 1. The van der Waals surface area contributed by atoms with Crippen LogP contribution in [0.2, 0.25) is 5.02 Å². The summed E-state index contributed by atoms with van der Waals surface area (Å²) in [6.07, 6.45) is -0.197. The summed E-state index contributed by atoms with van der Waals surface area (Å²) < 4.78 is 77.8. The van der Waals surface area contributed by atoms with Gasteiger partial charge in [-0.3, -0.25) is 4.98 Å². The van der Waals surface area contributed by atoms with Crippen molar-refractivity contribution in [1.82, 2.24) is 14.8 Å². The van der Waals surface area contributed by atoms with Gasteiger partial charge in [-0.2, -0.15) is 18.3 Å². The summed E-state index contributed by atoms with van der Waals surface area (Å²) in [5.74, 6) is -0.874. The van der Waals surface area contributed by atoms with E-state index >= 15 is 0 Å². The molecule has 3 rings (SSSR count). The molecule has 36 heavy (non-hydrogen) atoms. The van der Waals surface area contributed by atoms with Gasteiger partial charge < -0.3 is 11.1 Å². The maximum Gasteiger partial charge on any atom is 0.435 e. The zero-order chi connectivity index (χ0) is 26.8. The number of aliphatic imine (C=N–C) groups is 1. The summed E-state index contributed by atoms with van der Waals surface area (Å²) in [5.41, 5.74) is 5.61. The Balaban J connectivity index is 2.09. The summed E-state index contributed by atoms with van der Waals surface area (Å²) in [7, 11) is -3.67. The lowest BCUT2D eigenvalue weighted by atomic mass is 10.1. The molecule has 8 nitrogen and oxygen atoms in total. The number of alkyl halides is 3. The molecule has 0 saturated heterocycles. The zero-order valence-electron chi connectivity index (χ0n) is 18.8. The third kappa shape index (κ3) is 6.29. The average molecular weight is 543 g/mol. The van der Waals surface area contributed by atoms with Crippen LogP contribution in [0.3, 0.4) is 0 Å². The van der Waals surface area contributed by atoms with Gasteiger partial charge in [0.1, 0.15) is 17.5 Å². The molecule has 3 N–H and O–H groups in total. The standard InChI is InChI=1S/C22H19ClF4N6O2S/c1-12-6-20(22(25,26)27)32-33(12)21(28)17(14-7-16(10-29-9-14)36(3,34)35)11-30-13(2)31-15-4-5-19(24)18(23)8-15/h4-11,31H,2,28H2,1,3H3/b21-17-,30-11-. The highest BCUT2D eigenvalue weighted by atomic mass is 35.5. The van der Waals surface area contributed by atoms with Crippen molar-refractivity contribution in [2.75, 3.05) is 11.6 Å². The summed E-state index contributed by atoms with van der Waals surface area (Å²) in [6, 6.07) is 5.87. The number of nitrogens with zero attached hydrogens (tertiary/aromatic N) is 4. The van der Waals surface area contributed by atoms with E-state index in [1.54, 1.807) is 0 Å². The second-order valence-electron chi connectivity index (χ2n) is 7.52. The maximum absolute atomic E-state index is 13.4. The van der Waals surface area contributed by atoms with Crippen molar-refractivity contribution in [3.05, 3.63) is 82.9 Å². The molecule has 0 aliphatic rings. The zero-order valence-corrected chi connectivity index (χ0v) is 20.4. The lowest BCUT2D eigenvalue weighted by Crippen LogP contribution is -2.15. The number of rotatable bonds is 7. The van der Waals surface area contributed by atoms with Crippen LogP contribution in [0.15, 0.2) is 65.0 Å². The van der Waals surface area contributed by atoms with Gasteiger partial charge in [0.15, 0.2) is 15.5 Å². The fourth-order valence-electron chi connectivity index (χ4n) is 2.94. The Labute approximate surface area is 208 Å². The Hall–Kier alpha value is -3.71. The normalized spacial score (nSPS) is 13.1. The van der Waals surface area contributed by atoms with Crippen molar-refractivity contribution in [1.29, 1.82) is 0 Å². The van der Waals surface area contributed by atoms with Crippen LogP contribution in [0, 0.1) is 12.7 Å². The first kappa shape index (κ1) is 26.9. The predicted octanol–water partition coefficient (Wildman–Crippen LogP) is 4.74. The largest absolute Gasteiger partial charge is 0.435 e. The highest BCUT2D eigenvalue weighted by molar-refractivity contribution is 7.90. The SMILES string of the molecule is C=C(/N=C\C(=C(/N)n1nc(C(F)(F)F)cc1C)c1cncc(S(C)(=O)=O)c1)Nc1ccc(F)c(Cl)c1. The van der Waals surface area contributed by atoms with Crippen LogP contribution < -0.4 is 11.1 Å². The first-order valence-corrected chi connectivity index (χ1v) is 12.2. The van der Waals surface area contributed by atoms with E-state index in [9.17, 15) is 26.0 Å². The van der Waals surface area contributed by atoms with Gasteiger partial charge in [0.2, 0.25) is 0 Å². The lowest BCUT2D eigenvalue weighted by molar-refractivity contribution is -0.141. The van der Waals surface area contributed by atoms with Crippen molar-refractivity contribution >= 4 is 44.7 Å². The number of sulfone groups is 1. The summed E-state index contributed by atoms with van der Waals surface area (Å²) >= 11 is 5.76. The molecule has 0 fully saturated rings. The van der Waals surface area contributed by atoms with E-state index in [4.69, 9.17) is 17.3 Å². The Morgan fingerprint density at radius 1 is 1.25 bits per heavy atom. The molecule has 2 heterocycles. The molecule has 0 atom stereocenters. The average Bonchev–Trinajstić information content (AvgIpc) is 3.18. The van der Waals surface area contributed by atoms with E-state index in [2.05, 4.69) is 27.0 Å². The first-order valence-electron chi connectivity index (χ1n) is 9.91. The van der Waals surface area contributed by atoms with Crippen molar-refractivity contribution in [2.24, 2.45) is 10.7 Å². The third-order valence-electron chi connectivity index (χ3n) is 4.69. The van der Waals surface area contributed by atoms with Gasteiger partial charge in [0, 0.05) is 47.4 Å². The molecular formula is C22H19ClF4N6O2S. The van der Waals surface area contributed by atoms with Crippen LogP contribution in [0.25, 0.3) is 11.4 Å². The molecule has 1 aromatic carbocycles. The van der Waals surface area contributed by atoms with Gasteiger partial charge in [0.25, 0.3) is 0 Å². The van der Waals surface area contributed by atoms with E-state index in [-0.39, 0.29) is 38.4 Å². The number of hydrogen-bond donors (Lipinski definition) is 2. The quantitative estimate of drug-likeness (QED) is 0.329. The minimum absolute atomic E-state index is 0.00742. The molecular weight excluding hydrogens is 524 g/mol. The number of allylic oxidation sites excluding steroid dienone is 1. The number of benzene rings is 1. The fourth-order valence-corrected chi connectivity index (χ4v) is 3.72. The van der Waals surface area contributed by atoms with Crippen LogP contribution in [0.5, 0.6) is 0 Å². The van der Waals surface area contributed by atoms with E-state index < -0.39 is 27.5 Å². The molecule has 190 valence electrons. The van der Waals surface area contributed by atoms with Gasteiger partial charge in [-0.05, 0) is 37.3 Å². The second kappa shape index (κ2) is 10.1. The van der Waals surface area contributed by atoms with Crippen LogP contribution in [0.1, 0.15) is 17.0 Å². The lowest BCUT2D eigenvalue weighted by Gasteiger charge is -2.12. The first-order chi connectivity index (χ1) is 16.7. The Morgan fingerprint density at radius 3 is 2.53 bits per heavy atom. The smallest absolute Gasteiger partial charge is 0.383 e. The van der Waals surface area contributed by atoms with Crippen molar-refractivity contribution in [3.8, 4) is 0 Å². The minimum Gasteiger partial charge on any atom is -0.383 e. The monoisotopic (exact) mass is 542 g/mol. The molecule has 0 aliphatic carbocycles. The van der Waals surface area contributed by atoms with Gasteiger partial charge in [-0.1, -0.05) is 18.2 Å². The molecule has 0 radical (unpaired) electrons.